The molecule has 1 aliphatic heterocycles. The molecule has 1 aromatic carbocycles. The summed E-state index contributed by atoms with van der Waals surface area (Å²) in [5.74, 6) is -1.65. The predicted molar refractivity (Wildman–Crippen MR) is 70.0 cm³/mol. The molecule has 0 bridgehead atoms. The molecule has 106 valence electrons. The number of ether oxygens (including phenoxy) is 1. The minimum atomic E-state index is -0.679. The van der Waals surface area contributed by atoms with Crippen molar-refractivity contribution in [1.29, 1.82) is 0 Å². The Morgan fingerprint density at radius 1 is 1.16 bits per heavy atom. The number of nitrogens with zero attached hydrogens (tertiary/aromatic N) is 1. The van der Waals surface area contributed by atoms with E-state index in [1.54, 1.807) is 0 Å². The number of nitrogens with two attached hydrogens (primary N) is 1. The lowest BCUT2D eigenvalue weighted by atomic mass is 10.2. The quantitative estimate of drug-likeness (QED) is 0.806. The summed E-state index contributed by atoms with van der Waals surface area (Å²) < 4.78 is 32.4. The Bertz CT molecular complexity index is 397. The van der Waals surface area contributed by atoms with E-state index in [0.717, 1.165) is 26.1 Å². The SMILES string of the molecule is NCc1cc(F)c(OCCCN2CCCC2)c(F)c1. The maximum atomic E-state index is 13.6. The molecule has 0 aliphatic carbocycles. The van der Waals surface area contributed by atoms with Crippen LogP contribution in [0.5, 0.6) is 5.75 Å². The summed E-state index contributed by atoms with van der Waals surface area (Å²) in [5, 5.41) is 0. The number of rotatable bonds is 6. The van der Waals surface area contributed by atoms with Gasteiger partial charge in [-0.15, -0.1) is 0 Å². The van der Waals surface area contributed by atoms with Crippen LogP contribution in [0.2, 0.25) is 0 Å². The van der Waals surface area contributed by atoms with Gasteiger partial charge in [-0.3, -0.25) is 0 Å². The van der Waals surface area contributed by atoms with Gasteiger partial charge in [-0.25, -0.2) is 8.78 Å². The standard InChI is InChI=1S/C14H20F2N2O/c15-12-8-11(10-17)9-13(16)14(12)19-7-3-6-18-4-1-2-5-18/h8-9H,1-7,10,17H2. The van der Waals surface area contributed by atoms with Gasteiger partial charge >= 0.3 is 0 Å². The van der Waals surface area contributed by atoms with E-state index >= 15 is 0 Å². The van der Waals surface area contributed by atoms with Crippen molar-refractivity contribution in [3.05, 3.63) is 29.3 Å². The monoisotopic (exact) mass is 270 g/mol. The van der Waals surface area contributed by atoms with Gasteiger partial charge in [0.15, 0.2) is 17.4 Å². The van der Waals surface area contributed by atoms with Crippen LogP contribution in [0, 0.1) is 11.6 Å². The highest BCUT2D eigenvalue weighted by Gasteiger charge is 2.13. The van der Waals surface area contributed by atoms with Gasteiger partial charge in [0.25, 0.3) is 0 Å². The van der Waals surface area contributed by atoms with Crippen LogP contribution < -0.4 is 10.5 Å². The van der Waals surface area contributed by atoms with Crippen LogP contribution in [0.1, 0.15) is 24.8 Å². The molecule has 0 atom stereocenters. The predicted octanol–water partition coefficient (Wildman–Crippen LogP) is 2.29. The molecule has 0 spiro atoms. The first-order valence-corrected chi connectivity index (χ1v) is 6.74. The molecule has 0 aromatic heterocycles. The third-order valence-electron chi connectivity index (χ3n) is 3.36. The molecule has 2 N–H and O–H groups in total. The smallest absolute Gasteiger partial charge is 0.190 e. The molecule has 3 nitrogen and oxygen atoms in total. The van der Waals surface area contributed by atoms with E-state index in [1.807, 2.05) is 0 Å². The fourth-order valence-corrected chi connectivity index (χ4v) is 2.34. The van der Waals surface area contributed by atoms with E-state index in [2.05, 4.69) is 4.90 Å². The first-order chi connectivity index (χ1) is 9.20. The molecule has 1 aromatic rings. The Kier molecular flexibility index (Phi) is 5.10. The Morgan fingerprint density at radius 2 is 1.79 bits per heavy atom. The zero-order valence-electron chi connectivity index (χ0n) is 11.0. The van der Waals surface area contributed by atoms with Gasteiger partial charge in [0.05, 0.1) is 6.61 Å². The second-order valence-electron chi connectivity index (χ2n) is 4.84. The Hall–Kier alpha value is -1.20. The number of hydrogen-bond donors (Lipinski definition) is 1. The molecule has 1 heterocycles. The Labute approximate surface area is 112 Å². The van der Waals surface area contributed by atoms with Crippen molar-refractivity contribution < 1.29 is 13.5 Å². The van der Waals surface area contributed by atoms with Gasteiger partial charge in [-0.1, -0.05) is 0 Å². The highest BCUT2D eigenvalue weighted by molar-refractivity contribution is 5.31. The van der Waals surface area contributed by atoms with Gasteiger partial charge in [0.2, 0.25) is 0 Å². The van der Waals surface area contributed by atoms with Crippen molar-refractivity contribution in [2.75, 3.05) is 26.2 Å². The minimum absolute atomic E-state index is 0.114. The van der Waals surface area contributed by atoms with Gasteiger partial charge in [0.1, 0.15) is 0 Å². The molecular weight excluding hydrogens is 250 g/mol. The lowest BCUT2D eigenvalue weighted by molar-refractivity contribution is 0.247. The van der Waals surface area contributed by atoms with Crippen LogP contribution in [-0.4, -0.2) is 31.1 Å². The van der Waals surface area contributed by atoms with Crippen LogP contribution in [-0.2, 0) is 6.54 Å². The summed E-state index contributed by atoms with van der Waals surface area (Å²) in [6.07, 6.45) is 3.26. The van der Waals surface area contributed by atoms with E-state index in [-0.39, 0.29) is 12.3 Å². The summed E-state index contributed by atoms with van der Waals surface area (Å²) >= 11 is 0. The number of benzene rings is 1. The zero-order chi connectivity index (χ0) is 13.7. The third-order valence-corrected chi connectivity index (χ3v) is 3.36. The third kappa shape index (κ3) is 3.88. The molecule has 0 radical (unpaired) electrons. The number of hydrogen-bond acceptors (Lipinski definition) is 3. The molecule has 19 heavy (non-hydrogen) atoms. The van der Waals surface area contributed by atoms with Crippen molar-refractivity contribution in [1.82, 2.24) is 4.90 Å². The topological polar surface area (TPSA) is 38.5 Å². The Morgan fingerprint density at radius 3 is 2.37 bits per heavy atom. The van der Waals surface area contributed by atoms with Crippen molar-refractivity contribution in [3.8, 4) is 5.75 Å². The first kappa shape index (κ1) is 14.2. The number of halogens is 2. The van der Waals surface area contributed by atoms with E-state index in [0.29, 0.717) is 12.2 Å². The molecule has 1 aliphatic rings. The molecule has 2 rings (SSSR count). The van der Waals surface area contributed by atoms with Crippen LogP contribution in [0.4, 0.5) is 8.78 Å². The summed E-state index contributed by atoms with van der Waals surface area (Å²) in [4.78, 5) is 2.34. The molecule has 0 saturated carbocycles. The van der Waals surface area contributed by atoms with Crippen molar-refractivity contribution >= 4 is 0 Å². The molecule has 5 heteroatoms. The summed E-state index contributed by atoms with van der Waals surface area (Å²) in [5.41, 5.74) is 5.78. The van der Waals surface area contributed by atoms with Crippen LogP contribution in [0.3, 0.4) is 0 Å². The molecule has 0 amide bonds. The normalized spacial score (nSPS) is 15.9. The minimum Gasteiger partial charge on any atom is -0.488 e. The molecule has 0 unspecified atom stereocenters. The van der Waals surface area contributed by atoms with Gasteiger partial charge < -0.3 is 15.4 Å². The Balaban J connectivity index is 1.81. The molecular formula is C14H20F2N2O. The first-order valence-electron chi connectivity index (χ1n) is 6.74. The van der Waals surface area contributed by atoms with Crippen LogP contribution >= 0.6 is 0 Å². The van der Waals surface area contributed by atoms with E-state index < -0.39 is 11.6 Å². The van der Waals surface area contributed by atoms with E-state index in [4.69, 9.17) is 10.5 Å². The lowest BCUT2D eigenvalue weighted by Gasteiger charge is -2.15. The average Bonchev–Trinajstić information content (AvgIpc) is 2.89. The maximum Gasteiger partial charge on any atom is 0.190 e. The molecule has 1 fully saturated rings. The molecule has 1 saturated heterocycles. The summed E-state index contributed by atoms with van der Waals surface area (Å²) in [7, 11) is 0. The lowest BCUT2D eigenvalue weighted by Crippen LogP contribution is -2.22. The highest BCUT2D eigenvalue weighted by Crippen LogP contribution is 2.23. The maximum absolute atomic E-state index is 13.6. The fourth-order valence-electron chi connectivity index (χ4n) is 2.34. The second-order valence-corrected chi connectivity index (χ2v) is 4.84. The fraction of sp³-hybridized carbons (Fsp3) is 0.571. The van der Waals surface area contributed by atoms with Crippen LogP contribution in [0.25, 0.3) is 0 Å². The van der Waals surface area contributed by atoms with Gasteiger partial charge in [-0.05, 0) is 50.0 Å². The summed E-state index contributed by atoms with van der Waals surface area (Å²) in [6.45, 7) is 3.60. The highest BCUT2D eigenvalue weighted by atomic mass is 19.1. The van der Waals surface area contributed by atoms with Gasteiger partial charge in [-0.2, -0.15) is 0 Å². The average molecular weight is 270 g/mol. The van der Waals surface area contributed by atoms with Crippen molar-refractivity contribution in [2.45, 2.75) is 25.8 Å². The van der Waals surface area contributed by atoms with Gasteiger partial charge in [0, 0.05) is 13.1 Å². The largest absolute Gasteiger partial charge is 0.488 e. The van der Waals surface area contributed by atoms with Crippen molar-refractivity contribution in [3.63, 3.8) is 0 Å². The van der Waals surface area contributed by atoms with Crippen LogP contribution in [0.15, 0.2) is 12.1 Å². The van der Waals surface area contributed by atoms with E-state index in [9.17, 15) is 8.78 Å². The van der Waals surface area contributed by atoms with Crippen molar-refractivity contribution in [2.24, 2.45) is 5.73 Å². The summed E-state index contributed by atoms with van der Waals surface area (Å²) in [6, 6.07) is 2.44. The zero-order valence-corrected chi connectivity index (χ0v) is 11.0. The van der Waals surface area contributed by atoms with E-state index in [1.165, 1.54) is 25.0 Å². The number of likely N-dealkylation sites (tertiary alicyclic amines) is 1. The second kappa shape index (κ2) is 6.82.